The van der Waals surface area contributed by atoms with Crippen molar-refractivity contribution in [2.24, 2.45) is 0 Å². The summed E-state index contributed by atoms with van der Waals surface area (Å²) < 4.78 is 23.7. The van der Waals surface area contributed by atoms with Crippen LogP contribution in [0, 0.1) is 0 Å². The third-order valence-corrected chi connectivity index (χ3v) is 6.71. The molecular weight excluding hydrogens is 386 g/mol. The van der Waals surface area contributed by atoms with E-state index in [-0.39, 0.29) is 5.41 Å². The van der Waals surface area contributed by atoms with Gasteiger partial charge in [-0.25, -0.2) is 0 Å². The van der Waals surface area contributed by atoms with Crippen molar-refractivity contribution in [1.29, 1.82) is 0 Å². The average Bonchev–Trinajstić information content (AvgIpc) is 3.05. The smallest absolute Gasteiger partial charge is 0.0463 e. The number of benzene rings is 4. The quantitative estimate of drug-likeness (QED) is 0.349. The van der Waals surface area contributed by atoms with Crippen LogP contribution in [0.2, 0.25) is 0 Å². The summed E-state index contributed by atoms with van der Waals surface area (Å²) in [5.41, 5.74) is 9.39. The molecule has 1 N–H and O–H groups in total. The molecule has 5 rings (SSSR count). The second-order valence-corrected chi connectivity index (χ2v) is 9.80. The lowest BCUT2D eigenvalue weighted by Gasteiger charge is -2.21. The molecule has 1 nitrogen and oxygen atoms in total. The number of rotatable bonds is 3. The highest BCUT2D eigenvalue weighted by atomic mass is 14.9. The van der Waals surface area contributed by atoms with Gasteiger partial charge in [0, 0.05) is 26.5 Å². The largest absolute Gasteiger partial charge is 0.355 e. The average molecular weight is 421 g/mol. The molecule has 0 bridgehead atoms. The summed E-state index contributed by atoms with van der Waals surface area (Å²) in [6, 6.07) is 31.5. The van der Waals surface area contributed by atoms with Crippen LogP contribution < -0.4 is 5.32 Å². The van der Waals surface area contributed by atoms with Crippen LogP contribution in [0.1, 0.15) is 55.3 Å². The van der Waals surface area contributed by atoms with Gasteiger partial charge in [0.15, 0.2) is 0 Å². The van der Waals surface area contributed by atoms with E-state index in [4.69, 9.17) is 4.11 Å². The Bertz CT molecular complexity index is 1400. The maximum Gasteiger partial charge on any atom is 0.0463 e. The maximum absolute atomic E-state index is 7.90. The molecule has 0 aliphatic heterocycles. The molecule has 32 heavy (non-hydrogen) atoms. The Morgan fingerprint density at radius 2 is 1.38 bits per heavy atom. The molecule has 0 spiro atoms. The van der Waals surface area contributed by atoms with E-state index in [1.54, 1.807) is 13.8 Å². The van der Waals surface area contributed by atoms with E-state index in [1.807, 2.05) is 36.4 Å². The number of para-hydroxylation sites is 1. The van der Waals surface area contributed by atoms with E-state index >= 15 is 0 Å². The molecule has 0 fully saturated rings. The van der Waals surface area contributed by atoms with Crippen LogP contribution in [0.4, 0.5) is 11.4 Å². The van der Waals surface area contributed by atoms with Crippen molar-refractivity contribution in [3.63, 3.8) is 0 Å². The lowest BCUT2D eigenvalue weighted by Crippen LogP contribution is -2.14. The summed E-state index contributed by atoms with van der Waals surface area (Å²) in [4.78, 5) is 0. The van der Waals surface area contributed by atoms with E-state index in [2.05, 4.69) is 73.8 Å². The Morgan fingerprint density at radius 3 is 2.12 bits per heavy atom. The van der Waals surface area contributed by atoms with Crippen molar-refractivity contribution in [2.45, 2.75) is 45.4 Å². The zero-order valence-corrected chi connectivity index (χ0v) is 19.2. The fourth-order valence-corrected chi connectivity index (χ4v) is 4.86. The highest BCUT2D eigenvalue weighted by Gasteiger charge is 2.35. The van der Waals surface area contributed by atoms with Gasteiger partial charge in [-0.2, -0.15) is 0 Å². The molecule has 4 aromatic rings. The first-order chi connectivity index (χ1) is 16.5. The highest BCUT2D eigenvalue weighted by Crippen LogP contribution is 2.49. The molecule has 0 saturated heterocycles. The van der Waals surface area contributed by atoms with Gasteiger partial charge in [-0.3, -0.25) is 0 Å². The predicted molar refractivity (Wildman–Crippen MR) is 138 cm³/mol. The molecule has 1 aliphatic rings. The number of nitrogens with one attached hydrogen (secondary N) is 1. The lowest BCUT2D eigenvalue weighted by molar-refractivity contribution is 0.590. The second-order valence-electron chi connectivity index (χ2n) is 9.80. The van der Waals surface area contributed by atoms with E-state index in [1.165, 1.54) is 22.3 Å². The van der Waals surface area contributed by atoms with Crippen LogP contribution >= 0.6 is 0 Å². The van der Waals surface area contributed by atoms with Crippen LogP contribution in [0.5, 0.6) is 0 Å². The first-order valence-corrected chi connectivity index (χ1v) is 11.2. The van der Waals surface area contributed by atoms with Gasteiger partial charge in [0.2, 0.25) is 0 Å². The predicted octanol–water partition coefficient (Wildman–Crippen LogP) is 8.70. The number of hydrogen-bond donors (Lipinski definition) is 1. The molecule has 1 heteroatoms. The molecule has 0 aromatic heterocycles. The van der Waals surface area contributed by atoms with Crippen molar-refractivity contribution in [1.82, 2.24) is 0 Å². The van der Waals surface area contributed by atoms with Crippen molar-refractivity contribution in [3.05, 3.63) is 108 Å². The Hall–Kier alpha value is -3.32. The molecule has 160 valence electrons. The van der Waals surface area contributed by atoms with E-state index in [0.717, 1.165) is 28.1 Å². The SMILES string of the molecule is [2H]C([2H])([2H])C(C)(C)c1ccc(-c2ccccc2Nc2ccc3c(c2)-c2ccccc2C3(C)C)cc1. The topological polar surface area (TPSA) is 12.0 Å². The monoisotopic (exact) mass is 420 g/mol. The van der Waals surface area contributed by atoms with Gasteiger partial charge in [-0.15, -0.1) is 0 Å². The van der Waals surface area contributed by atoms with Crippen LogP contribution in [-0.2, 0) is 10.8 Å². The zero-order chi connectivity index (χ0) is 25.0. The van der Waals surface area contributed by atoms with Crippen molar-refractivity contribution >= 4 is 11.4 Å². The summed E-state index contributed by atoms with van der Waals surface area (Å²) in [5.74, 6) is 0. The first kappa shape index (κ1) is 17.3. The van der Waals surface area contributed by atoms with Gasteiger partial charge in [0.05, 0.1) is 0 Å². The minimum atomic E-state index is -2.06. The summed E-state index contributed by atoms with van der Waals surface area (Å²) in [6.45, 7) is 6.07. The summed E-state index contributed by atoms with van der Waals surface area (Å²) >= 11 is 0. The number of fused-ring (bicyclic) bond motifs is 3. The number of hydrogen-bond acceptors (Lipinski definition) is 1. The first-order valence-electron chi connectivity index (χ1n) is 12.7. The minimum Gasteiger partial charge on any atom is -0.355 e. The molecule has 0 unspecified atom stereocenters. The van der Waals surface area contributed by atoms with Gasteiger partial charge >= 0.3 is 0 Å². The summed E-state index contributed by atoms with van der Waals surface area (Å²) in [6.07, 6.45) is 0. The number of anilines is 2. The normalized spacial score (nSPS) is 15.8. The Labute approximate surface area is 196 Å². The fourth-order valence-electron chi connectivity index (χ4n) is 4.86. The van der Waals surface area contributed by atoms with Crippen LogP contribution in [0.3, 0.4) is 0 Å². The molecule has 0 amide bonds. The summed E-state index contributed by atoms with van der Waals surface area (Å²) in [7, 11) is 0. The molecule has 0 radical (unpaired) electrons. The Kier molecular flexibility index (Phi) is 3.98. The van der Waals surface area contributed by atoms with Gasteiger partial charge in [0.1, 0.15) is 0 Å². The van der Waals surface area contributed by atoms with Crippen LogP contribution in [-0.4, -0.2) is 0 Å². The highest BCUT2D eigenvalue weighted by molar-refractivity contribution is 5.86. The van der Waals surface area contributed by atoms with Gasteiger partial charge in [-0.1, -0.05) is 107 Å². The van der Waals surface area contributed by atoms with Crippen LogP contribution in [0.15, 0.2) is 91.0 Å². The standard InChI is InChI=1S/C31H31N/c1-30(2,3)22-16-14-21(15-17-22)24-10-7-9-13-29(24)32-23-18-19-28-26(20-23)25-11-6-8-12-27(25)31(28,4)5/h6-20,32H,1-5H3/i1D3. The van der Waals surface area contributed by atoms with Crippen molar-refractivity contribution < 1.29 is 4.11 Å². The fraction of sp³-hybridized carbons (Fsp3) is 0.226. The van der Waals surface area contributed by atoms with Gasteiger partial charge < -0.3 is 5.32 Å². The maximum atomic E-state index is 7.90. The third-order valence-electron chi connectivity index (χ3n) is 6.71. The molecular formula is C31H31N. The molecule has 0 saturated carbocycles. The minimum absolute atomic E-state index is 0.00732. The summed E-state index contributed by atoms with van der Waals surface area (Å²) in [5, 5.41) is 3.64. The lowest BCUT2D eigenvalue weighted by atomic mass is 9.82. The Morgan fingerprint density at radius 1 is 0.719 bits per heavy atom. The van der Waals surface area contributed by atoms with Gasteiger partial charge in [0.25, 0.3) is 0 Å². The third kappa shape index (κ3) is 3.42. The molecule has 0 atom stereocenters. The van der Waals surface area contributed by atoms with E-state index in [9.17, 15) is 0 Å². The van der Waals surface area contributed by atoms with Crippen molar-refractivity contribution in [3.8, 4) is 22.3 Å². The second kappa shape index (κ2) is 7.38. The molecule has 4 aromatic carbocycles. The molecule has 1 aliphatic carbocycles. The van der Waals surface area contributed by atoms with Crippen molar-refractivity contribution in [2.75, 3.05) is 5.32 Å². The van der Waals surface area contributed by atoms with Gasteiger partial charge in [-0.05, 0) is 57.0 Å². The van der Waals surface area contributed by atoms with Crippen LogP contribution in [0.25, 0.3) is 22.3 Å². The zero-order valence-electron chi connectivity index (χ0n) is 22.2. The Balaban J connectivity index is 1.49. The molecule has 0 heterocycles. The van der Waals surface area contributed by atoms with E-state index in [0.29, 0.717) is 0 Å². The van der Waals surface area contributed by atoms with E-state index < -0.39 is 12.3 Å².